The summed E-state index contributed by atoms with van der Waals surface area (Å²) in [7, 11) is 0. The number of amides is 1. The third-order valence-corrected chi connectivity index (χ3v) is 2.50. The highest BCUT2D eigenvalue weighted by atomic mass is 35.5. The molecule has 0 unspecified atom stereocenters. The van der Waals surface area contributed by atoms with Gasteiger partial charge in [-0.05, 0) is 25.1 Å². The lowest BCUT2D eigenvalue weighted by atomic mass is 10.2. The minimum atomic E-state index is -0.337. The molecular formula is C11H10ClN3O2. The predicted molar refractivity (Wildman–Crippen MR) is 65.0 cm³/mol. The zero-order valence-corrected chi connectivity index (χ0v) is 9.84. The molecule has 1 heterocycles. The van der Waals surface area contributed by atoms with Gasteiger partial charge < -0.3 is 5.32 Å². The van der Waals surface area contributed by atoms with Crippen molar-refractivity contribution in [1.82, 2.24) is 10.2 Å². The molecule has 0 aliphatic heterocycles. The molecule has 1 aromatic heterocycles. The molecule has 2 rings (SSSR count). The molecule has 0 bridgehead atoms. The van der Waals surface area contributed by atoms with Crippen molar-refractivity contribution in [2.24, 2.45) is 0 Å². The molecule has 2 N–H and O–H groups in total. The first-order chi connectivity index (χ1) is 8.06. The fraction of sp³-hybridized carbons (Fsp3) is 0.182. The van der Waals surface area contributed by atoms with E-state index >= 15 is 0 Å². The smallest absolute Gasteiger partial charge is 0.231 e. The van der Waals surface area contributed by atoms with Gasteiger partial charge >= 0.3 is 0 Å². The Balaban J connectivity index is 2.21. The number of aromatic nitrogens is 2. The number of halogens is 1. The van der Waals surface area contributed by atoms with Crippen LogP contribution in [0.2, 0.25) is 5.15 Å². The summed E-state index contributed by atoms with van der Waals surface area (Å²) < 4.78 is 0. The highest BCUT2D eigenvalue weighted by molar-refractivity contribution is 6.34. The quantitative estimate of drug-likeness (QED) is 0.821. The van der Waals surface area contributed by atoms with Gasteiger partial charge in [0.15, 0.2) is 5.15 Å². The second-order valence-corrected chi connectivity index (χ2v) is 4.06. The molecule has 1 aromatic carbocycles. The number of benzene rings is 1. The van der Waals surface area contributed by atoms with Gasteiger partial charge in [0.05, 0.1) is 11.9 Å². The fourth-order valence-electron chi connectivity index (χ4n) is 1.49. The Kier molecular flexibility index (Phi) is 3.10. The average molecular weight is 252 g/mol. The van der Waals surface area contributed by atoms with Crippen molar-refractivity contribution < 1.29 is 9.59 Å². The van der Waals surface area contributed by atoms with Crippen molar-refractivity contribution in [1.29, 1.82) is 0 Å². The summed E-state index contributed by atoms with van der Waals surface area (Å²) in [4.78, 5) is 22.2. The fourth-order valence-corrected chi connectivity index (χ4v) is 1.69. The monoisotopic (exact) mass is 251 g/mol. The first-order valence-corrected chi connectivity index (χ1v) is 5.37. The number of hydrogen-bond donors (Lipinski definition) is 2. The molecule has 2 aromatic rings. The Morgan fingerprint density at radius 3 is 2.94 bits per heavy atom. The Morgan fingerprint density at radius 2 is 2.24 bits per heavy atom. The number of Topliss-reactive ketones (excluding diaryl/α,β-unsaturated/α-hetero) is 1. The number of H-pyrrole nitrogens is 1. The molecule has 1 amide bonds. The lowest BCUT2D eigenvalue weighted by molar-refractivity contribution is -0.124. The number of nitrogens with zero attached hydrogens (tertiary/aromatic N) is 1. The van der Waals surface area contributed by atoms with E-state index in [1.54, 1.807) is 18.2 Å². The summed E-state index contributed by atoms with van der Waals surface area (Å²) in [6, 6.07) is 5.19. The zero-order valence-electron chi connectivity index (χ0n) is 9.08. The van der Waals surface area contributed by atoms with Gasteiger partial charge in [-0.3, -0.25) is 14.7 Å². The summed E-state index contributed by atoms with van der Waals surface area (Å²) >= 11 is 5.86. The van der Waals surface area contributed by atoms with Crippen molar-refractivity contribution in [3.05, 3.63) is 23.4 Å². The largest absolute Gasteiger partial charge is 0.326 e. The number of carbonyl (C=O) groups excluding carboxylic acids is 2. The van der Waals surface area contributed by atoms with Crippen LogP contribution in [0.3, 0.4) is 0 Å². The molecule has 0 fully saturated rings. The Bertz CT molecular complexity index is 591. The van der Waals surface area contributed by atoms with Crippen LogP contribution in [0.1, 0.15) is 13.3 Å². The lowest BCUT2D eigenvalue weighted by Gasteiger charge is -2.03. The van der Waals surface area contributed by atoms with Crippen molar-refractivity contribution in [2.75, 3.05) is 5.32 Å². The number of fused-ring (bicyclic) bond motifs is 1. The van der Waals surface area contributed by atoms with E-state index in [2.05, 4.69) is 15.5 Å². The van der Waals surface area contributed by atoms with Crippen molar-refractivity contribution in [2.45, 2.75) is 13.3 Å². The number of hydrogen-bond acceptors (Lipinski definition) is 3. The second kappa shape index (κ2) is 4.55. The molecule has 0 saturated heterocycles. The Morgan fingerprint density at radius 1 is 1.47 bits per heavy atom. The average Bonchev–Trinajstić information content (AvgIpc) is 2.59. The second-order valence-electron chi connectivity index (χ2n) is 3.70. The van der Waals surface area contributed by atoms with E-state index < -0.39 is 0 Å². The van der Waals surface area contributed by atoms with E-state index in [1.165, 1.54) is 6.92 Å². The van der Waals surface area contributed by atoms with Gasteiger partial charge in [0.1, 0.15) is 5.78 Å². The van der Waals surface area contributed by atoms with E-state index in [4.69, 9.17) is 11.6 Å². The molecular weight excluding hydrogens is 242 g/mol. The minimum Gasteiger partial charge on any atom is -0.326 e. The standard InChI is InChI=1S/C11H10ClN3O2/c1-6(16)4-10(17)13-7-2-3-9-8(5-7)11(12)15-14-9/h2-3,5H,4H2,1H3,(H,13,17)(H,14,15). The van der Waals surface area contributed by atoms with Gasteiger partial charge in [0.2, 0.25) is 5.91 Å². The molecule has 0 aliphatic rings. The molecule has 0 saturated carbocycles. The third kappa shape index (κ3) is 2.62. The number of aromatic amines is 1. The maximum absolute atomic E-state index is 11.4. The number of nitrogens with one attached hydrogen (secondary N) is 2. The van der Waals surface area contributed by atoms with Crippen molar-refractivity contribution in [3.8, 4) is 0 Å². The first-order valence-electron chi connectivity index (χ1n) is 4.99. The minimum absolute atomic E-state index is 0.128. The Hall–Kier alpha value is -1.88. The SMILES string of the molecule is CC(=O)CC(=O)Nc1ccc2[nH]nc(Cl)c2c1. The predicted octanol–water partition coefficient (Wildman–Crippen LogP) is 2.13. The molecule has 0 aliphatic carbocycles. The van der Waals surface area contributed by atoms with Gasteiger partial charge in [-0.15, -0.1) is 0 Å². The van der Waals surface area contributed by atoms with Crippen molar-refractivity contribution in [3.63, 3.8) is 0 Å². The van der Waals surface area contributed by atoms with Gasteiger partial charge in [-0.1, -0.05) is 11.6 Å². The van der Waals surface area contributed by atoms with Crippen LogP contribution in [0.4, 0.5) is 5.69 Å². The molecule has 0 radical (unpaired) electrons. The molecule has 5 nitrogen and oxygen atoms in total. The van der Waals surface area contributed by atoms with Crippen LogP contribution < -0.4 is 5.32 Å². The summed E-state index contributed by atoms with van der Waals surface area (Å²) in [5, 5.41) is 10.3. The van der Waals surface area contributed by atoms with Gasteiger partial charge in [-0.2, -0.15) is 5.10 Å². The topological polar surface area (TPSA) is 74.8 Å². The maximum Gasteiger partial charge on any atom is 0.231 e. The van der Waals surface area contributed by atoms with Gasteiger partial charge in [0.25, 0.3) is 0 Å². The summed E-state index contributed by atoms with van der Waals surface area (Å²) in [5.74, 6) is -0.513. The Labute approximate surface area is 102 Å². The number of carbonyl (C=O) groups is 2. The zero-order chi connectivity index (χ0) is 12.4. The normalized spacial score (nSPS) is 10.5. The third-order valence-electron chi connectivity index (χ3n) is 2.21. The van der Waals surface area contributed by atoms with Crippen LogP contribution in [-0.4, -0.2) is 21.9 Å². The van der Waals surface area contributed by atoms with E-state index in [0.717, 1.165) is 10.9 Å². The highest BCUT2D eigenvalue weighted by Gasteiger charge is 2.08. The van der Waals surface area contributed by atoms with Crippen LogP contribution in [0.5, 0.6) is 0 Å². The highest BCUT2D eigenvalue weighted by Crippen LogP contribution is 2.23. The maximum atomic E-state index is 11.4. The van der Waals surface area contributed by atoms with E-state index in [0.29, 0.717) is 10.8 Å². The van der Waals surface area contributed by atoms with Crippen LogP contribution >= 0.6 is 11.6 Å². The van der Waals surface area contributed by atoms with Gasteiger partial charge in [0, 0.05) is 11.1 Å². The van der Waals surface area contributed by atoms with Gasteiger partial charge in [-0.25, -0.2) is 0 Å². The van der Waals surface area contributed by atoms with Crippen LogP contribution in [0.25, 0.3) is 10.9 Å². The number of anilines is 1. The van der Waals surface area contributed by atoms with E-state index in [1.807, 2.05) is 0 Å². The first kappa shape index (κ1) is 11.6. The van der Waals surface area contributed by atoms with Crippen LogP contribution in [0, 0.1) is 0 Å². The molecule has 0 atom stereocenters. The lowest BCUT2D eigenvalue weighted by Crippen LogP contribution is -2.14. The van der Waals surface area contributed by atoms with Crippen LogP contribution in [-0.2, 0) is 9.59 Å². The van der Waals surface area contributed by atoms with E-state index in [9.17, 15) is 9.59 Å². The number of ketones is 1. The number of rotatable bonds is 3. The van der Waals surface area contributed by atoms with Crippen molar-refractivity contribution >= 4 is 39.9 Å². The molecule has 6 heteroatoms. The molecule has 88 valence electrons. The summed E-state index contributed by atoms with van der Waals surface area (Å²) in [6.45, 7) is 1.37. The summed E-state index contributed by atoms with van der Waals surface area (Å²) in [5.41, 5.74) is 1.38. The van der Waals surface area contributed by atoms with E-state index in [-0.39, 0.29) is 18.1 Å². The van der Waals surface area contributed by atoms with Crippen LogP contribution in [0.15, 0.2) is 18.2 Å². The molecule has 17 heavy (non-hydrogen) atoms. The summed E-state index contributed by atoms with van der Waals surface area (Å²) in [6.07, 6.45) is -0.128. The molecule has 0 spiro atoms.